The minimum absolute atomic E-state index is 0.0128. The summed E-state index contributed by atoms with van der Waals surface area (Å²) in [6.07, 6.45) is 1.39. The summed E-state index contributed by atoms with van der Waals surface area (Å²) in [5.41, 5.74) is 2.07. The fraction of sp³-hybridized carbons (Fsp3) is 0.273. The molecule has 1 N–H and O–H groups in total. The van der Waals surface area contributed by atoms with Crippen LogP contribution in [0.4, 0.5) is 10.2 Å². The summed E-state index contributed by atoms with van der Waals surface area (Å²) in [5.74, 6) is 0.414. The average Bonchev–Trinajstić information content (AvgIpc) is 2.74. The van der Waals surface area contributed by atoms with Gasteiger partial charge in [-0.15, -0.1) is 10.2 Å². The molecule has 0 amide bonds. The first-order valence-electron chi connectivity index (χ1n) is 9.87. The highest BCUT2D eigenvalue weighted by Crippen LogP contribution is 2.22. The molecule has 1 aromatic heterocycles. The highest BCUT2D eigenvalue weighted by molar-refractivity contribution is 7.88. The summed E-state index contributed by atoms with van der Waals surface area (Å²) in [7, 11) is -3.38. The molecule has 0 radical (unpaired) electrons. The zero-order valence-corrected chi connectivity index (χ0v) is 17.2. The van der Waals surface area contributed by atoms with Crippen molar-refractivity contribution in [2.45, 2.75) is 24.6 Å². The first-order chi connectivity index (χ1) is 14.5. The number of piperidine rings is 1. The molecule has 8 heteroatoms. The van der Waals surface area contributed by atoms with Crippen LogP contribution >= 0.6 is 0 Å². The fourth-order valence-corrected chi connectivity index (χ4v) is 5.07. The third-order valence-electron chi connectivity index (χ3n) is 5.14. The van der Waals surface area contributed by atoms with E-state index in [4.69, 9.17) is 0 Å². The molecule has 1 aliphatic heterocycles. The lowest BCUT2D eigenvalue weighted by Gasteiger charge is -2.32. The van der Waals surface area contributed by atoms with Crippen molar-refractivity contribution >= 4 is 15.8 Å². The zero-order valence-electron chi connectivity index (χ0n) is 16.4. The zero-order chi connectivity index (χ0) is 21.0. The summed E-state index contributed by atoms with van der Waals surface area (Å²) < 4.78 is 41.1. The molecule has 0 unspecified atom stereocenters. The third kappa shape index (κ3) is 5.20. The maximum atomic E-state index is 13.4. The predicted octanol–water partition coefficient (Wildman–Crippen LogP) is 3.37. The van der Waals surface area contributed by atoms with Crippen LogP contribution in [0.1, 0.15) is 18.4 Å². The van der Waals surface area contributed by atoms with E-state index in [-0.39, 0.29) is 17.6 Å². The molecule has 1 aliphatic rings. The van der Waals surface area contributed by atoms with Crippen LogP contribution < -0.4 is 9.62 Å². The predicted molar refractivity (Wildman–Crippen MR) is 115 cm³/mol. The minimum Gasteiger partial charge on any atom is -0.355 e. The number of benzene rings is 2. The highest BCUT2D eigenvalue weighted by atomic mass is 32.2. The smallest absolute Gasteiger partial charge is 0.216 e. The molecule has 0 spiro atoms. The molecule has 0 aliphatic carbocycles. The lowest BCUT2D eigenvalue weighted by Crippen LogP contribution is -2.45. The molecule has 3 aromatic rings. The van der Waals surface area contributed by atoms with E-state index >= 15 is 0 Å². The summed E-state index contributed by atoms with van der Waals surface area (Å²) in [4.78, 5) is 2.09. The monoisotopic (exact) mass is 426 g/mol. The van der Waals surface area contributed by atoms with Gasteiger partial charge in [-0.2, -0.15) is 0 Å². The van der Waals surface area contributed by atoms with Crippen LogP contribution in [-0.2, 0) is 15.8 Å². The van der Waals surface area contributed by atoms with Crippen LogP contribution in [0.15, 0.2) is 66.7 Å². The topological polar surface area (TPSA) is 75.2 Å². The number of rotatable bonds is 6. The maximum absolute atomic E-state index is 13.4. The Morgan fingerprint density at radius 3 is 2.40 bits per heavy atom. The Labute approximate surface area is 175 Å². The van der Waals surface area contributed by atoms with Crippen LogP contribution in [0.3, 0.4) is 0 Å². The van der Waals surface area contributed by atoms with Crippen molar-refractivity contribution in [1.82, 2.24) is 14.9 Å². The molecule has 1 saturated heterocycles. The Morgan fingerprint density at radius 2 is 1.73 bits per heavy atom. The van der Waals surface area contributed by atoms with Gasteiger partial charge in [0.2, 0.25) is 10.0 Å². The fourth-order valence-electron chi connectivity index (χ4n) is 3.61. The van der Waals surface area contributed by atoms with Gasteiger partial charge in [-0.3, -0.25) is 0 Å². The van der Waals surface area contributed by atoms with Gasteiger partial charge in [-0.25, -0.2) is 17.5 Å². The number of sulfonamides is 1. The van der Waals surface area contributed by atoms with Crippen LogP contribution in [0.25, 0.3) is 11.3 Å². The number of hydrogen-bond acceptors (Lipinski definition) is 5. The molecule has 156 valence electrons. The quantitative estimate of drug-likeness (QED) is 0.654. The first kappa shape index (κ1) is 20.4. The molecule has 6 nitrogen and oxygen atoms in total. The molecule has 2 aromatic carbocycles. The second kappa shape index (κ2) is 8.89. The van der Waals surface area contributed by atoms with Gasteiger partial charge in [0.25, 0.3) is 0 Å². The minimum atomic E-state index is -3.38. The summed E-state index contributed by atoms with van der Waals surface area (Å²) in [6.45, 7) is 1.37. The molecule has 2 heterocycles. The van der Waals surface area contributed by atoms with Crippen molar-refractivity contribution in [2.24, 2.45) is 0 Å². The number of halogens is 1. The summed E-state index contributed by atoms with van der Waals surface area (Å²) in [5, 5.41) is 8.50. The van der Waals surface area contributed by atoms with Gasteiger partial charge in [0.05, 0.1) is 11.4 Å². The van der Waals surface area contributed by atoms with E-state index in [1.54, 1.807) is 12.1 Å². The van der Waals surface area contributed by atoms with E-state index in [0.717, 1.165) is 11.4 Å². The highest BCUT2D eigenvalue weighted by Gasteiger charge is 2.24. The van der Waals surface area contributed by atoms with Crippen molar-refractivity contribution < 1.29 is 12.8 Å². The van der Waals surface area contributed by atoms with Crippen molar-refractivity contribution in [2.75, 3.05) is 18.0 Å². The van der Waals surface area contributed by atoms with Crippen LogP contribution in [0, 0.1) is 5.82 Å². The van der Waals surface area contributed by atoms with Gasteiger partial charge in [0.15, 0.2) is 5.82 Å². The lowest BCUT2D eigenvalue weighted by molar-refractivity contribution is 0.457. The number of hydrogen-bond donors (Lipinski definition) is 1. The van der Waals surface area contributed by atoms with Gasteiger partial charge >= 0.3 is 0 Å². The van der Waals surface area contributed by atoms with E-state index in [0.29, 0.717) is 37.2 Å². The van der Waals surface area contributed by atoms with Gasteiger partial charge in [-0.1, -0.05) is 42.5 Å². The maximum Gasteiger partial charge on any atom is 0.216 e. The average molecular weight is 427 g/mol. The van der Waals surface area contributed by atoms with Gasteiger partial charge in [-0.05, 0) is 42.7 Å². The third-order valence-corrected chi connectivity index (χ3v) is 6.54. The molecule has 0 atom stereocenters. The number of aromatic nitrogens is 2. The van der Waals surface area contributed by atoms with Gasteiger partial charge in [0, 0.05) is 24.7 Å². The lowest BCUT2D eigenvalue weighted by atomic mass is 10.1. The van der Waals surface area contributed by atoms with E-state index in [1.807, 2.05) is 42.5 Å². The molecule has 30 heavy (non-hydrogen) atoms. The van der Waals surface area contributed by atoms with Crippen molar-refractivity contribution in [3.05, 3.63) is 78.1 Å². The van der Waals surface area contributed by atoms with Crippen LogP contribution in [0.2, 0.25) is 0 Å². The standard InChI is InChI=1S/C22H23FN4O2S/c23-19-8-4-7-18(15-19)21-9-10-22(25-24-21)27-13-11-20(12-14-27)26-30(28,29)16-17-5-2-1-3-6-17/h1-10,15,20,26H,11-14,16H2. The van der Waals surface area contributed by atoms with E-state index in [2.05, 4.69) is 19.8 Å². The summed E-state index contributed by atoms with van der Waals surface area (Å²) >= 11 is 0. The van der Waals surface area contributed by atoms with Crippen molar-refractivity contribution in [3.8, 4) is 11.3 Å². The SMILES string of the molecule is O=S(=O)(Cc1ccccc1)NC1CCN(c2ccc(-c3cccc(F)c3)nn2)CC1. The van der Waals surface area contributed by atoms with E-state index in [1.165, 1.54) is 12.1 Å². The Hall–Kier alpha value is -2.84. The van der Waals surface area contributed by atoms with Crippen molar-refractivity contribution in [3.63, 3.8) is 0 Å². The Morgan fingerprint density at radius 1 is 0.967 bits per heavy atom. The first-order valence-corrected chi connectivity index (χ1v) is 11.5. The molecular formula is C22H23FN4O2S. The Balaban J connectivity index is 1.33. The normalized spacial score (nSPS) is 15.3. The molecule has 4 rings (SSSR count). The molecule has 0 saturated carbocycles. The molecule has 1 fully saturated rings. The summed E-state index contributed by atoms with van der Waals surface area (Å²) in [6, 6.07) is 19.0. The van der Waals surface area contributed by atoms with Gasteiger partial charge in [0.1, 0.15) is 5.82 Å². The molecular weight excluding hydrogens is 403 g/mol. The van der Waals surface area contributed by atoms with Gasteiger partial charge < -0.3 is 4.90 Å². The second-order valence-corrected chi connectivity index (χ2v) is 9.16. The number of nitrogens with one attached hydrogen (secondary N) is 1. The number of anilines is 1. The largest absolute Gasteiger partial charge is 0.355 e. The Bertz CT molecular complexity index is 1080. The van der Waals surface area contributed by atoms with Crippen LogP contribution in [-0.4, -0.2) is 37.7 Å². The van der Waals surface area contributed by atoms with Crippen molar-refractivity contribution in [1.29, 1.82) is 0 Å². The molecule has 0 bridgehead atoms. The van der Waals surface area contributed by atoms with Crippen LogP contribution in [0.5, 0.6) is 0 Å². The number of nitrogens with zero attached hydrogens (tertiary/aromatic N) is 3. The Kier molecular flexibility index (Phi) is 6.06. The van der Waals surface area contributed by atoms with E-state index < -0.39 is 10.0 Å². The van der Waals surface area contributed by atoms with E-state index in [9.17, 15) is 12.8 Å². The second-order valence-electron chi connectivity index (χ2n) is 7.41.